The summed E-state index contributed by atoms with van der Waals surface area (Å²) in [4.78, 5) is 11.7. The Hall–Kier alpha value is -1.81. The molecular formula is C12H11ClN2O2. The van der Waals surface area contributed by atoms with E-state index in [1.165, 1.54) is 0 Å². The lowest BCUT2D eigenvalue weighted by Gasteiger charge is -2.05. The molecule has 1 amide bonds. The molecule has 0 saturated heterocycles. The Bertz CT molecular complexity index is 537. The Labute approximate surface area is 104 Å². The van der Waals surface area contributed by atoms with E-state index in [0.717, 1.165) is 0 Å². The summed E-state index contributed by atoms with van der Waals surface area (Å²) in [6.07, 6.45) is 0.169. The first kappa shape index (κ1) is 11.7. The van der Waals surface area contributed by atoms with Crippen LogP contribution in [0.2, 0.25) is 5.02 Å². The molecule has 0 aliphatic carbocycles. The number of benzene rings is 1. The zero-order valence-corrected chi connectivity index (χ0v) is 9.99. The molecule has 1 aromatic carbocycles. The highest BCUT2D eigenvalue weighted by atomic mass is 35.5. The Morgan fingerprint density at radius 2 is 2.24 bits per heavy atom. The Morgan fingerprint density at radius 1 is 1.47 bits per heavy atom. The zero-order valence-electron chi connectivity index (χ0n) is 9.24. The molecule has 0 aliphatic heterocycles. The first-order valence-corrected chi connectivity index (χ1v) is 5.49. The number of carbonyl (C=O) groups is 1. The van der Waals surface area contributed by atoms with Crippen molar-refractivity contribution in [2.24, 2.45) is 0 Å². The zero-order chi connectivity index (χ0) is 12.3. The van der Waals surface area contributed by atoms with Gasteiger partial charge in [-0.05, 0) is 19.1 Å². The summed E-state index contributed by atoms with van der Waals surface area (Å²) in [5.74, 6) is 0.511. The number of carbonyl (C=O) groups excluding carboxylic acids is 1. The summed E-state index contributed by atoms with van der Waals surface area (Å²) in [6, 6.07) is 8.80. The summed E-state index contributed by atoms with van der Waals surface area (Å²) in [5, 5.41) is 6.98. The van der Waals surface area contributed by atoms with Gasteiger partial charge in [-0.2, -0.15) is 0 Å². The molecule has 0 radical (unpaired) electrons. The van der Waals surface area contributed by atoms with Gasteiger partial charge in [-0.1, -0.05) is 28.9 Å². The van der Waals surface area contributed by atoms with Crippen LogP contribution < -0.4 is 5.32 Å². The molecule has 1 heterocycles. The second kappa shape index (κ2) is 5.01. The highest BCUT2D eigenvalue weighted by Gasteiger charge is 2.09. The molecule has 0 unspecified atom stereocenters. The van der Waals surface area contributed by atoms with Gasteiger partial charge in [0.1, 0.15) is 5.76 Å². The monoisotopic (exact) mass is 250 g/mol. The van der Waals surface area contributed by atoms with Crippen molar-refractivity contribution in [3.8, 4) is 0 Å². The van der Waals surface area contributed by atoms with Crippen LogP contribution in [-0.2, 0) is 11.2 Å². The molecular weight excluding hydrogens is 240 g/mol. The maximum atomic E-state index is 11.7. The number of nitrogens with zero attached hydrogens (tertiary/aromatic N) is 1. The van der Waals surface area contributed by atoms with E-state index in [1.54, 1.807) is 31.2 Å². The molecule has 0 fully saturated rings. The Balaban J connectivity index is 2.01. The minimum absolute atomic E-state index is 0.169. The molecule has 0 atom stereocenters. The molecule has 5 heteroatoms. The number of rotatable bonds is 3. The number of hydrogen-bond acceptors (Lipinski definition) is 3. The van der Waals surface area contributed by atoms with E-state index >= 15 is 0 Å². The molecule has 17 heavy (non-hydrogen) atoms. The van der Waals surface area contributed by atoms with Crippen molar-refractivity contribution in [1.29, 1.82) is 0 Å². The van der Waals surface area contributed by atoms with E-state index < -0.39 is 0 Å². The summed E-state index contributed by atoms with van der Waals surface area (Å²) in [5.41, 5.74) is 1.20. The third-order valence-corrected chi connectivity index (χ3v) is 2.50. The van der Waals surface area contributed by atoms with Crippen LogP contribution >= 0.6 is 11.6 Å². The van der Waals surface area contributed by atoms with E-state index in [9.17, 15) is 4.79 Å². The predicted molar refractivity (Wildman–Crippen MR) is 65.0 cm³/mol. The van der Waals surface area contributed by atoms with Crippen LogP contribution in [0.5, 0.6) is 0 Å². The largest absolute Gasteiger partial charge is 0.361 e. The lowest BCUT2D eigenvalue weighted by atomic mass is 10.2. The molecule has 1 aromatic heterocycles. The van der Waals surface area contributed by atoms with Gasteiger partial charge in [-0.25, -0.2) is 0 Å². The highest BCUT2D eigenvalue weighted by Crippen LogP contribution is 2.20. The van der Waals surface area contributed by atoms with Crippen molar-refractivity contribution in [1.82, 2.24) is 5.16 Å². The number of para-hydroxylation sites is 1. The summed E-state index contributed by atoms with van der Waals surface area (Å²) >= 11 is 5.93. The first-order valence-electron chi connectivity index (χ1n) is 5.12. The fourth-order valence-electron chi connectivity index (χ4n) is 1.42. The number of aromatic nitrogens is 1. The number of halogens is 1. The van der Waals surface area contributed by atoms with Crippen molar-refractivity contribution in [3.63, 3.8) is 0 Å². The van der Waals surface area contributed by atoms with E-state index in [0.29, 0.717) is 22.2 Å². The molecule has 0 aliphatic rings. The minimum Gasteiger partial charge on any atom is -0.361 e. The molecule has 2 rings (SSSR count). The normalized spacial score (nSPS) is 10.2. The number of nitrogens with one attached hydrogen (secondary N) is 1. The van der Waals surface area contributed by atoms with Gasteiger partial charge in [0.2, 0.25) is 5.91 Å². The molecule has 4 nitrogen and oxygen atoms in total. The summed E-state index contributed by atoms with van der Waals surface area (Å²) in [7, 11) is 0. The smallest absolute Gasteiger partial charge is 0.230 e. The van der Waals surface area contributed by atoms with Gasteiger partial charge in [0.25, 0.3) is 0 Å². The summed E-state index contributed by atoms with van der Waals surface area (Å²) < 4.78 is 4.88. The minimum atomic E-state index is -0.175. The van der Waals surface area contributed by atoms with E-state index in [2.05, 4.69) is 10.5 Å². The molecule has 0 saturated carbocycles. The maximum Gasteiger partial charge on any atom is 0.230 e. The topological polar surface area (TPSA) is 55.1 Å². The van der Waals surface area contributed by atoms with Crippen LogP contribution in [0, 0.1) is 6.92 Å². The average Bonchev–Trinajstić information content (AvgIpc) is 2.67. The Morgan fingerprint density at radius 3 is 2.88 bits per heavy atom. The third-order valence-electron chi connectivity index (χ3n) is 2.17. The van der Waals surface area contributed by atoms with Gasteiger partial charge in [-0.15, -0.1) is 0 Å². The van der Waals surface area contributed by atoms with E-state index in [1.807, 2.05) is 6.07 Å². The van der Waals surface area contributed by atoms with Gasteiger partial charge >= 0.3 is 0 Å². The van der Waals surface area contributed by atoms with Crippen molar-refractivity contribution in [2.45, 2.75) is 13.3 Å². The average molecular weight is 251 g/mol. The number of anilines is 1. The highest BCUT2D eigenvalue weighted by molar-refractivity contribution is 6.33. The van der Waals surface area contributed by atoms with Gasteiger partial charge in [-0.3, -0.25) is 4.79 Å². The van der Waals surface area contributed by atoms with Gasteiger partial charge in [0, 0.05) is 6.07 Å². The molecule has 0 bridgehead atoms. The summed E-state index contributed by atoms with van der Waals surface area (Å²) in [6.45, 7) is 1.78. The van der Waals surface area contributed by atoms with Crippen molar-refractivity contribution < 1.29 is 9.32 Å². The number of hydrogen-bond donors (Lipinski definition) is 1. The van der Waals surface area contributed by atoms with Crippen LogP contribution in [0.25, 0.3) is 0 Å². The number of aryl methyl sites for hydroxylation is 1. The second-order valence-electron chi connectivity index (χ2n) is 3.63. The van der Waals surface area contributed by atoms with Gasteiger partial charge < -0.3 is 9.84 Å². The van der Waals surface area contributed by atoms with Gasteiger partial charge in [0.15, 0.2) is 0 Å². The first-order chi connectivity index (χ1) is 8.15. The van der Waals surface area contributed by atoms with Crippen LogP contribution in [0.4, 0.5) is 5.69 Å². The van der Waals surface area contributed by atoms with Gasteiger partial charge in [0.05, 0.1) is 22.8 Å². The predicted octanol–water partition coefficient (Wildman–Crippen LogP) is 2.82. The molecule has 0 spiro atoms. The lowest BCUT2D eigenvalue weighted by Crippen LogP contribution is -2.14. The molecule has 88 valence electrons. The fourth-order valence-corrected chi connectivity index (χ4v) is 1.61. The lowest BCUT2D eigenvalue weighted by molar-refractivity contribution is -0.115. The van der Waals surface area contributed by atoms with Crippen molar-refractivity contribution >= 4 is 23.2 Å². The van der Waals surface area contributed by atoms with Crippen molar-refractivity contribution in [3.05, 3.63) is 46.8 Å². The SMILES string of the molecule is Cc1cc(CC(=O)Nc2ccccc2Cl)no1. The molecule has 1 N–H and O–H groups in total. The fraction of sp³-hybridized carbons (Fsp3) is 0.167. The number of amides is 1. The standard InChI is InChI=1S/C12H11ClN2O2/c1-8-6-9(15-17-8)7-12(16)14-11-5-3-2-4-10(11)13/h2-6H,7H2,1H3,(H,14,16). The van der Waals surface area contributed by atoms with Crippen LogP contribution in [-0.4, -0.2) is 11.1 Å². The third kappa shape index (κ3) is 3.07. The quantitative estimate of drug-likeness (QED) is 0.911. The van der Waals surface area contributed by atoms with Crippen LogP contribution in [0.1, 0.15) is 11.5 Å². The maximum absolute atomic E-state index is 11.7. The van der Waals surface area contributed by atoms with Crippen LogP contribution in [0.15, 0.2) is 34.9 Å². The van der Waals surface area contributed by atoms with E-state index in [-0.39, 0.29) is 12.3 Å². The van der Waals surface area contributed by atoms with Crippen molar-refractivity contribution in [2.75, 3.05) is 5.32 Å². The van der Waals surface area contributed by atoms with Crippen LogP contribution in [0.3, 0.4) is 0 Å². The Kier molecular flexibility index (Phi) is 3.44. The molecule has 2 aromatic rings. The second-order valence-corrected chi connectivity index (χ2v) is 4.04. The van der Waals surface area contributed by atoms with E-state index in [4.69, 9.17) is 16.1 Å².